The van der Waals surface area contributed by atoms with Crippen LogP contribution in [-0.4, -0.2) is 42.0 Å². The van der Waals surface area contributed by atoms with Crippen LogP contribution in [0.4, 0.5) is 0 Å². The van der Waals surface area contributed by atoms with Gasteiger partial charge < -0.3 is 14.6 Å². The first-order valence-electron chi connectivity index (χ1n) is 5.52. The minimum absolute atomic E-state index is 0. The maximum atomic E-state index is 12.1. The van der Waals surface area contributed by atoms with E-state index in [0.717, 1.165) is 19.5 Å². The average Bonchev–Trinajstić information content (AvgIpc) is 2.84. The second-order valence-corrected chi connectivity index (χ2v) is 4.17. The molecule has 0 aliphatic carbocycles. The lowest BCUT2D eigenvalue weighted by Gasteiger charge is -2.14. The zero-order chi connectivity index (χ0) is 11.7. The molecule has 17 heavy (non-hydrogen) atoms. The van der Waals surface area contributed by atoms with Crippen molar-refractivity contribution in [3.05, 3.63) is 17.3 Å². The van der Waals surface area contributed by atoms with Crippen LogP contribution in [0.25, 0.3) is 0 Å². The fourth-order valence-corrected chi connectivity index (χ4v) is 2.05. The molecule has 1 fully saturated rings. The van der Waals surface area contributed by atoms with Crippen molar-refractivity contribution in [3.63, 3.8) is 0 Å². The molecule has 1 aliphatic heterocycles. The van der Waals surface area contributed by atoms with E-state index in [2.05, 4.69) is 10.3 Å². The second kappa shape index (κ2) is 5.51. The molecule has 2 heterocycles. The summed E-state index contributed by atoms with van der Waals surface area (Å²) in [5, 5.41) is 3.18. The molecule has 1 aromatic heterocycles. The highest BCUT2D eigenvalue weighted by Crippen LogP contribution is 2.16. The van der Waals surface area contributed by atoms with Gasteiger partial charge in [0, 0.05) is 26.1 Å². The number of nitrogens with one attached hydrogen (secondary N) is 1. The molecule has 1 unspecified atom stereocenters. The number of aryl methyl sites for hydroxylation is 2. The Morgan fingerprint density at radius 1 is 1.53 bits per heavy atom. The molecule has 2 rings (SSSR count). The van der Waals surface area contributed by atoms with E-state index in [4.69, 9.17) is 4.42 Å². The summed E-state index contributed by atoms with van der Waals surface area (Å²) >= 11 is 0. The molecule has 1 N–H and O–H groups in total. The van der Waals surface area contributed by atoms with Gasteiger partial charge in [-0.25, -0.2) is 4.98 Å². The molecule has 6 heteroatoms. The van der Waals surface area contributed by atoms with Crippen molar-refractivity contribution in [1.29, 1.82) is 0 Å². The Morgan fingerprint density at radius 3 is 2.71 bits per heavy atom. The molecule has 0 radical (unpaired) electrons. The van der Waals surface area contributed by atoms with E-state index in [-0.39, 0.29) is 18.3 Å². The average molecular weight is 260 g/mol. The van der Waals surface area contributed by atoms with Crippen LogP contribution in [0.2, 0.25) is 0 Å². The van der Waals surface area contributed by atoms with E-state index >= 15 is 0 Å². The standard InChI is InChI=1S/C11H17N3O2.ClH/c1-7-10(16-8(2)13-7)11(15)14-5-4-9(6-14)12-3;/h9,12H,4-6H2,1-3H3;1H. The van der Waals surface area contributed by atoms with Gasteiger partial charge in [0.05, 0.1) is 5.69 Å². The van der Waals surface area contributed by atoms with Crippen LogP contribution in [0.15, 0.2) is 4.42 Å². The number of aromatic nitrogens is 1. The molecule has 1 aromatic rings. The SMILES string of the molecule is CNC1CCN(C(=O)c2oc(C)nc2C)C1.Cl. The Morgan fingerprint density at radius 2 is 2.24 bits per heavy atom. The smallest absolute Gasteiger partial charge is 0.291 e. The van der Waals surface area contributed by atoms with Crippen molar-refractivity contribution in [3.8, 4) is 0 Å². The van der Waals surface area contributed by atoms with Gasteiger partial charge in [0.1, 0.15) is 0 Å². The van der Waals surface area contributed by atoms with Gasteiger partial charge >= 0.3 is 0 Å². The Labute approximate surface area is 107 Å². The highest BCUT2D eigenvalue weighted by molar-refractivity contribution is 5.92. The summed E-state index contributed by atoms with van der Waals surface area (Å²) in [6.45, 7) is 5.08. The van der Waals surface area contributed by atoms with E-state index in [1.165, 1.54) is 0 Å². The quantitative estimate of drug-likeness (QED) is 0.866. The first-order chi connectivity index (χ1) is 7.61. The van der Waals surface area contributed by atoms with Crippen molar-refractivity contribution in [2.45, 2.75) is 26.3 Å². The molecule has 1 saturated heterocycles. The van der Waals surface area contributed by atoms with Gasteiger partial charge in [-0.2, -0.15) is 0 Å². The summed E-state index contributed by atoms with van der Waals surface area (Å²) in [7, 11) is 1.92. The zero-order valence-electron chi connectivity index (χ0n) is 10.3. The topological polar surface area (TPSA) is 58.4 Å². The van der Waals surface area contributed by atoms with E-state index in [9.17, 15) is 4.79 Å². The number of halogens is 1. The van der Waals surface area contributed by atoms with Crippen LogP contribution in [0.1, 0.15) is 28.6 Å². The molecule has 1 atom stereocenters. The maximum absolute atomic E-state index is 12.1. The van der Waals surface area contributed by atoms with Crippen molar-refractivity contribution >= 4 is 18.3 Å². The number of carbonyl (C=O) groups is 1. The van der Waals surface area contributed by atoms with Crippen LogP contribution in [0, 0.1) is 13.8 Å². The minimum Gasteiger partial charge on any atom is -0.436 e. The predicted octanol–water partition coefficient (Wildman–Crippen LogP) is 1.15. The van der Waals surface area contributed by atoms with Crippen LogP contribution in [0.5, 0.6) is 0 Å². The van der Waals surface area contributed by atoms with Gasteiger partial charge in [-0.3, -0.25) is 4.79 Å². The number of carbonyl (C=O) groups excluding carboxylic acids is 1. The van der Waals surface area contributed by atoms with E-state index in [1.807, 2.05) is 11.9 Å². The van der Waals surface area contributed by atoms with E-state index in [1.54, 1.807) is 13.8 Å². The van der Waals surface area contributed by atoms with Gasteiger partial charge in [-0.1, -0.05) is 0 Å². The highest BCUT2D eigenvalue weighted by Gasteiger charge is 2.29. The summed E-state index contributed by atoms with van der Waals surface area (Å²) in [4.78, 5) is 18.0. The molecule has 1 amide bonds. The second-order valence-electron chi connectivity index (χ2n) is 4.17. The maximum Gasteiger partial charge on any atom is 0.291 e. The monoisotopic (exact) mass is 259 g/mol. The molecule has 0 spiro atoms. The summed E-state index contributed by atoms with van der Waals surface area (Å²) in [5.41, 5.74) is 0.676. The van der Waals surface area contributed by atoms with Gasteiger partial charge in [-0.05, 0) is 20.4 Å². The number of amides is 1. The van der Waals surface area contributed by atoms with E-state index < -0.39 is 0 Å². The lowest BCUT2D eigenvalue weighted by atomic mass is 10.3. The Balaban J connectivity index is 0.00000144. The van der Waals surface area contributed by atoms with E-state index in [0.29, 0.717) is 23.4 Å². The van der Waals surface area contributed by atoms with Crippen LogP contribution >= 0.6 is 12.4 Å². The fourth-order valence-electron chi connectivity index (χ4n) is 2.05. The van der Waals surface area contributed by atoms with Crippen molar-refractivity contribution in [1.82, 2.24) is 15.2 Å². The van der Waals surface area contributed by atoms with Gasteiger partial charge in [0.15, 0.2) is 5.89 Å². The molecule has 0 bridgehead atoms. The predicted molar refractivity (Wildman–Crippen MR) is 66.6 cm³/mol. The largest absolute Gasteiger partial charge is 0.436 e. The van der Waals surface area contributed by atoms with Gasteiger partial charge in [0.2, 0.25) is 5.76 Å². The number of rotatable bonds is 2. The fraction of sp³-hybridized carbons (Fsp3) is 0.636. The third kappa shape index (κ3) is 2.79. The zero-order valence-corrected chi connectivity index (χ0v) is 11.1. The van der Waals surface area contributed by atoms with Crippen molar-refractivity contribution < 1.29 is 9.21 Å². The van der Waals surface area contributed by atoms with Crippen molar-refractivity contribution in [2.75, 3.05) is 20.1 Å². The number of hydrogen-bond acceptors (Lipinski definition) is 4. The molecule has 0 aromatic carbocycles. The molecular formula is C11H18ClN3O2. The van der Waals surface area contributed by atoms with Gasteiger partial charge in [0.25, 0.3) is 5.91 Å². The number of nitrogens with zero attached hydrogens (tertiary/aromatic N) is 2. The lowest BCUT2D eigenvalue weighted by molar-refractivity contribution is 0.0755. The number of hydrogen-bond donors (Lipinski definition) is 1. The Bertz CT molecular complexity index is 405. The number of oxazole rings is 1. The molecule has 96 valence electrons. The molecule has 5 nitrogen and oxygen atoms in total. The van der Waals surface area contributed by atoms with Crippen molar-refractivity contribution in [2.24, 2.45) is 0 Å². The Kier molecular flexibility index (Phi) is 4.54. The van der Waals surface area contributed by atoms with Crippen LogP contribution < -0.4 is 5.32 Å². The summed E-state index contributed by atoms with van der Waals surface area (Å²) in [6.07, 6.45) is 0.994. The minimum atomic E-state index is -0.0455. The third-order valence-corrected chi connectivity index (χ3v) is 2.98. The van der Waals surface area contributed by atoms with Crippen LogP contribution in [0.3, 0.4) is 0 Å². The first-order valence-corrected chi connectivity index (χ1v) is 5.52. The highest BCUT2D eigenvalue weighted by atomic mass is 35.5. The first kappa shape index (κ1) is 14.0. The summed E-state index contributed by atoms with van der Waals surface area (Å²) < 4.78 is 5.33. The Hall–Kier alpha value is -1.07. The summed E-state index contributed by atoms with van der Waals surface area (Å²) in [5.74, 6) is 0.885. The number of likely N-dealkylation sites (tertiary alicyclic amines) is 1. The van der Waals surface area contributed by atoms with Crippen LogP contribution in [-0.2, 0) is 0 Å². The lowest BCUT2D eigenvalue weighted by Crippen LogP contribution is -2.33. The summed E-state index contributed by atoms with van der Waals surface area (Å²) in [6, 6.07) is 0.397. The molecule has 1 aliphatic rings. The normalized spacial score (nSPS) is 19.2. The molecule has 0 saturated carbocycles. The number of likely N-dealkylation sites (N-methyl/N-ethyl adjacent to an activating group) is 1. The third-order valence-electron chi connectivity index (χ3n) is 2.98. The molecular weight excluding hydrogens is 242 g/mol. The van der Waals surface area contributed by atoms with Gasteiger partial charge in [-0.15, -0.1) is 12.4 Å².